The molecular formula is C17H18BrNO. The van der Waals surface area contributed by atoms with E-state index in [-0.39, 0.29) is 5.91 Å². The fourth-order valence-electron chi connectivity index (χ4n) is 2.10. The molecule has 0 aromatic heterocycles. The van der Waals surface area contributed by atoms with Crippen LogP contribution in [0.2, 0.25) is 0 Å². The molecule has 0 unspecified atom stereocenters. The van der Waals surface area contributed by atoms with Crippen molar-refractivity contribution in [1.29, 1.82) is 0 Å². The Bertz CT molecular complexity index is 607. The lowest BCUT2D eigenvalue weighted by molar-refractivity contribution is 0.102. The maximum Gasteiger partial charge on any atom is 0.256 e. The van der Waals surface area contributed by atoms with Crippen molar-refractivity contribution in [2.24, 2.45) is 5.92 Å². The Hall–Kier alpha value is -1.61. The number of benzene rings is 2. The zero-order chi connectivity index (χ0) is 14.5. The van der Waals surface area contributed by atoms with Crippen LogP contribution in [0.3, 0.4) is 0 Å². The van der Waals surface area contributed by atoms with Crippen molar-refractivity contribution in [1.82, 2.24) is 0 Å². The smallest absolute Gasteiger partial charge is 0.256 e. The van der Waals surface area contributed by atoms with E-state index >= 15 is 0 Å². The predicted octanol–water partition coefficient (Wildman–Crippen LogP) is 4.90. The highest BCUT2D eigenvalue weighted by molar-refractivity contribution is 9.10. The van der Waals surface area contributed by atoms with Gasteiger partial charge in [0.15, 0.2) is 0 Å². The van der Waals surface area contributed by atoms with Crippen LogP contribution in [0.25, 0.3) is 0 Å². The highest BCUT2D eigenvalue weighted by atomic mass is 79.9. The van der Waals surface area contributed by atoms with Crippen molar-refractivity contribution in [3.63, 3.8) is 0 Å². The van der Waals surface area contributed by atoms with Gasteiger partial charge in [-0.1, -0.05) is 44.2 Å². The van der Waals surface area contributed by atoms with Gasteiger partial charge < -0.3 is 5.32 Å². The first-order valence-corrected chi connectivity index (χ1v) is 7.51. The third kappa shape index (κ3) is 3.70. The van der Waals surface area contributed by atoms with Crippen LogP contribution < -0.4 is 5.32 Å². The summed E-state index contributed by atoms with van der Waals surface area (Å²) in [5, 5.41) is 3.00. The molecule has 1 N–H and O–H groups in total. The minimum absolute atomic E-state index is 0.0892. The van der Waals surface area contributed by atoms with E-state index in [2.05, 4.69) is 41.2 Å². The van der Waals surface area contributed by atoms with Gasteiger partial charge in [0.2, 0.25) is 0 Å². The van der Waals surface area contributed by atoms with E-state index in [1.807, 2.05) is 42.5 Å². The summed E-state index contributed by atoms with van der Waals surface area (Å²) in [4.78, 5) is 12.3. The van der Waals surface area contributed by atoms with Gasteiger partial charge in [-0.25, -0.2) is 0 Å². The summed E-state index contributed by atoms with van der Waals surface area (Å²) in [6.45, 7) is 4.35. The van der Waals surface area contributed by atoms with Gasteiger partial charge in [-0.15, -0.1) is 0 Å². The SMILES string of the molecule is CC(C)Cc1ccccc1NC(=O)c1ccccc1Br. The van der Waals surface area contributed by atoms with Gasteiger partial charge in [-0.2, -0.15) is 0 Å². The Morgan fingerprint density at radius 2 is 1.75 bits per heavy atom. The third-order valence-electron chi connectivity index (χ3n) is 3.01. The second-order valence-electron chi connectivity index (χ2n) is 5.19. The normalized spacial score (nSPS) is 10.6. The summed E-state index contributed by atoms with van der Waals surface area (Å²) in [7, 11) is 0. The molecule has 0 bridgehead atoms. The van der Waals surface area contributed by atoms with Crippen molar-refractivity contribution in [3.8, 4) is 0 Å². The number of halogens is 1. The van der Waals surface area contributed by atoms with E-state index in [0.29, 0.717) is 11.5 Å². The summed E-state index contributed by atoms with van der Waals surface area (Å²) >= 11 is 3.41. The van der Waals surface area contributed by atoms with Crippen LogP contribution in [0.5, 0.6) is 0 Å². The number of rotatable bonds is 4. The lowest BCUT2D eigenvalue weighted by atomic mass is 10.0. The molecule has 2 rings (SSSR count). The van der Waals surface area contributed by atoms with Crippen molar-refractivity contribution in [2.45, 2.75) is 20.3 Å². The predicted molar refractivity (Wildman–Crippen MR) is 87.1 cm³/mol. The second kappa shape index (κ2) is 6.71. The maximum absolute atomic E-state index is 12.3. The molecule has 0 atom stereocenters. The molecule has 0 aliphatic rings. The average Bonchev–Trinajstić information content (AvgIpc) is 2.41. The highest BCUT2D eigenvalue weighted by Crippen LogP contribution is 2.22. The van der Waals surface area contributed by atoms with E-state index in [0.717, 1.165) is 16.6 Å². The Balaban J connectivity index is 2.22. The van der Waals surface area contributed by atoms with Gasteiger partial charge >= 0.3 is 0 Å². The van der Waals surface area contributed by atoms with E-state index in [4.69, 9.17) is 0 Å². The van der Waals surface area contributed by atoms with Crippen molar-refractivity contribution in [3.05, 3.63) is 64.1 Å². The molecule has 0 aliphatic heterocycles. The second-order valence-corrected chi connectivity index (χ2v) is 6.04. The Morgan fingerprint density at radius 3 is 2.45 bits per heavy atom. The lowest BCUT2D eigenvalue weighted by Crippen LogP contribution is -2.14. The van der Waals surface area contributed by atoms with E-state index in [1.165, 1.54) is 5.56 Å². The summed E-state index contributed by atoms with van der Waals surface area (Å²) in [5.74, 6) is 0.463. The molecule has 3 heteroatoms. The standard InChI is InChI=1S/C17H18BrNO/c1-12(2)11-13-7-3-6-10-16(13)19-17(20)14-8-4-5-9-15(14)18/h3-10,12H,11H2,1-2H3,(H,19,20). The Morgan fingerprint density at radius 1 is 1.10 bits per heavy atom. The van der Waals surface area contributed by atoms with Crippen molar-refractivity contribution in [2.75, 3.05) is 5.32 Å². The molecule has 20 heavy (non-hydrogen) atoms. The molecule has 2 nitrogen and oxygen atoms in total. The minimum Gasteiger partial charge on any atom is -0.322 e. The lowest BCUT2D eigenvalue weighted by Gasteiger charge is -2.13. The third-order valence-corrected chi connectivity index (χ3v) is 3.70. The van der Waals surface area contributed by atoms with E-state index in [9.17, 15) is 4.79 Å². The molecular weight excluding hydrogens is 314 g/mol. The van der Waals surface area contributed by atoms with Gasteiger partial charge in [-0.05, 0) is 52.0 Å². The van der Waals surface area contributed by atoms with Gasteiger partial charge in [0.25, 0.3) is 5.91 Å². The quantitative estimate of drug-likeness (QED) is 0.848. The molecule has 2 aromatic carbocycles. The molecule has 104 valence electrons. The number of hydrogen-bond donors (Lipinski definition) is 1. The monoisotopic (exact) mass is 331 g/mol. The summed E-state index contributed by atoms with van der Waals surface area (Å²) in [5.41, 5.74) is 2.71. The summed E-state index contributed by atoms with van der Waals surface area (Å²) in [6.07, 6.45) is 0.951. The largest absolute Gasteiger partial charge is 0.322 e. The van der Waals surface area contributed by atoms with E-state index in [1.54, 1.807) is 0 Å². The fourth-order valence-corrected chi connectivity index (χ4v) is 2.56. The van der Waals surface area contributed by atoms with Crippen LogP contribution in [0.1, 0.15) is 29.8 Å². The number of carbonyl (C=O) groups is 1. The molecule has 0 radical (unpaired) electrons. The number of amides is 1. The summed E-state index contributed by atoms with van der Waals surface area (Å²) < 4.78 is 0.804. The van der Waals surface area contributed by atoms with Crippen LogP contribution in [0, 0.1) is 5.92 Å². The van der Waals surface area contributed by atoms with Gasteiger partial charge in [-0.3, -0.25) is 4.79 Å². The number of carbonyl (C=O) groups excluding carboxylic acids is 1. The van der Waals surface area contributed by atoms with Crippen molar-refractivity contribution >= 4 is 27.5 Å². The molecule has 0 fully saturated rings. The van der Waals surface area contributed by atoms with Crippen LogP contribution >= 0.6 is 15.9 Å². The van der Waals surface area contributed by atoms with Crippen LogP contribution in [-0.2, 0) is 6.42 Å². The molecule has 0 spiro atoms. The van der Waals surface area contributed by atoms with Crippen LogP contribution in [-0.4, -0.2) is 5.91 Å². The fraction of sp³-hybridized carbons (Fsp3) is 0.235. The zero-order valence-corrected chi connectivity index (χ0v) is 13.3. The first-order chi connectivity index (χ1) is 9.58. The first-order valence-electron chi connectivity index (χ1n) is 6.71. The Labute approximate surface area is 128 Å². The molecule has 2 aromatic rings. The number of anilines is 1. The van der Waals surface area contributed by atoms with Crippen molar-refractivity contribution < 1.29 is 4.79 Å². The number of hydrogen-bond acceptors (Lipinski definition) is 1. The molecule has 0 saturated heterocycles. The molecule has 0 heterocycles. The van der Waals surface area contributed by atoms with Crippen LogP contribution in [0.4, 0.5) is 5.69 Å². The average molecular weight is 332 g/mol. The topological polar surface area (TPSA) is 29.1 Å². The number of nitrogens with one attached hydrogen (secondary N) is 1. The molecule has 0 saturated carbocycles. The van der Waals surface area contributed by atoms with E-state index < -0.39 is 0 Å². The highest BCUT2D eigenvalue weighted by Gasteiger charge is 2.11. The Kier molecular flexibility index (Phi) is 4.96. The van der Waals surface area contributed by atoms with Gasteiger partial charge in [0.1, 0.15) is 0 Å². The molecule has 1 amide bonds. The number of para-hydroxylation sites is 1. The minimum atomic E-state index is -0.0892. The van der Waals surface area contributed by atoms with Crippen LogP contribution in [0.15, 0.2) is 53.0 Å². The first kappa shape index (κ1) is 14.8. The zero-order valence-electron chi connectivity index (χ0n) is 11.7. The maximum atomic E-state index is 12.3. The molecule has 0 aliphatic carbocycles. The van der Waals surface area contributed by atoms with Gasteiger partial charge in [0, 0.05) is 10.2 Å². The summed E-state index contributed by atoms with van der Waals surface area (Å²) in [6, 6.07) is 15.4. The van der Waals surface area contributed by atoms with Gasteiger partial charge in [0.05, 0.1) is 5.56 Å².